The highest BCUT2D eigenvalue weighted by atomic mass is 32.2. The minimum Gasteiger partial charge on any atom is -0.370 e. The van der Waals surface area contributed by atoms with Crippen molar-refractivity contribution in [1.82, 2.24) is 4.31 Å². The monoisotopic (exact) mass is 382 g/mol. The van der Waals surface area contributed by atoms with Crippen LogP contribution in [0.2, 0.25) is 0 Å². The molecule has 0 atom stereocenters. The predicted molar refractivity (Wildman–Crippen MR) is 98.8 cm³/mol. The van der Waals surface area contributed by atoms with Gasteiger partial charge in [0.25, 0.3) is 5.91 Å². The van der Waals surface area contributed by atoms with Crippen LogP contribution in [0.3, 0.4) is 0 Å². The summed E-state index contributed by atoms with van der Waals surface area (Å²) in [6.45, 7) is 6.35. The lowest BCUT2D eigenvalue weighted by molar-refractivity contribution is -0.899. The molecule has 2 saturated heterocycles. The molecule has 1 amide bonds. The second kappa shape index (κ2) is 8.47. The van der Waals surface area contributed by atoms with E-state index in [0.717, 1.165) is 37.9 Å². The van der Waals surface area contributed by atoms with Crippen LogP contribution in [-0.4, -0.2) is 64.6 Å². The van der Waals surface area contributed by atoms with Crippen LogP contribution in [0.15, 0.2) is 23.1 Å². The first kappa shape index (κ1) is 19.3. The van der Waals surface area contributed by atoms with Crippen LogP contribution in [0, 0.1) is 6.92 Å². The van der Waals surface area contributed by atoms with Crippen LogP contribution < -0.4 is 10.2 Å². The molecule has 0 bridgehead atoms. The molecule has 8 heteroatoms. The number of quaternary nitrogens is 1. The maximum atomic E-state index is 12.8. The van der Waals surface area contributed by atoms with Crippen molar-refractivity contribution in [2.75, 3.05) is 51.3 Å². The zero-order valence-corrected chi connectivity index (χ0v) is 16.1. The second-order valence-corrected chi connectivity index (χ2v) is 8.97. The minimum atomic E-state index is -3.50. The summed E-state index contributed by atoms with van der Waals surface area (Å²) < 4.78 is 32.5. The van der Waals surface area contributed by atoms with Crippen LogP contribution in [0.4, 0.5) is 5.69 Å². The van der Waals surface area contributed by atoms with Crippen LogP contribution >= 0.6 is 0 Å². The number of nitrogens with zero attached hydrogens (tertiary/aromatic N) is 1. The number of amides is 1. The van der Waals surface area contributed by atoms with Gasteiger partial charge in [0.15, 0.2) is 6.54 Å². The number of morpholine rings is 1. The highest BCUT2D eigenvalue weighted by molar-refractivity contribution is 7.89. The number of hydrogen-bond donors (Lipinski definition) is 2. The number of carbonyl (C=O) groups is 1. The van der Waals surface area contributed by atoms with Crippen molar-refractivity contribution in [2.24, 2.45) is 0 Å². The van der Waals surface area contributed by atoms with E-state index in [1.165, 1.54) is 4.90 Å². The van der Waals surface area contributed by atoms with Gasteiger partial charge in [-0.1, -0.05) is 12.5 Å². The van der Waals surface area contributed by atoms with Gasteiger partial charge < -0.3 is 15.0 Å². The molecule has 3 rings (SSSR count). The molecule has 0 aliphatic carbocycles. The molecular weight excluding hydrogens is 354 g/mol. The number of aryl methyl sites for hydroxylation is 1. The smallest absolute Gasteiger partial charge is 0.279 e. The SMILES string of the molecule is Cc1ccc(S(=O)(=O)N2CCCCC2)cc1NC(=O)C[NH+]1CCOCC1. The van der Waals surface area contributed by atoms with E-state index < -0.39 is 10.0 Å². The average Bonchev–Trinajstić information content (AvgIpc) is 2.65. The lowest BCUT2D eigenvalue weighted by Crippen LogP contribution is -3.15. The van der Waals surface area contributed by atoms with Gasteiger partial charge in [-0.2, -0.15) is 4.31 Å². The maximum absolute atomic E-state index is 12.8. The molecule has 2 heterocycles. The summed E-state index contributed by atoms with van der Waals surface area (Å²) >= 11 is 0. The van der Waals surface area contributed by atoms with Gasteiger partial charge in [0.1, 0.15) is 13.1 Å². The Kier molecular flexibility index (Phi) is 6.29. The van der Waals surface area contributed by atoms with E-state index in [9.17, 15) is 13.2 Å². The van der Waals surface area contributed by atoms with Crippen LogP contribution in [-0.2, 0) is 19.6 Å². The van der Waals surface area contributed by atoms with Gasteiger partial charge in [-0.15, -0.1) is 0 Å². The number of anilines is 1. The standard InChI is InChI=1S/C18H27N3O4S/c1-15-5-6-16(26(23,24)21-7-3-2-4-8-21)13-17(15)19-18(22)14-20-9-11-25-12-10-20/h5-6,13H,2-4,7-12,14H2,1H3,(H,19,22)/p+1. The number of ether oxygens (including phenoxy) is 1. The summed E-state index contributed by atoms with van der Waals surface area (Å²) in [5.74, 6) is -0.0995. The molecule has 1 aromatic carbocycles. The fourth-order valence-electron chi connectivity index (χ4n) is 3.41. The molecule has 1 aromatic rings. The molecule has 0 radical (unpaired) electrons. The number of carbonyl (C=O) groups excluding carboxylic acids is 1. The third-order valence-electron chi connectivity index (χ3n) is 5.05. The lowest BCUT2D eigenvalue weighted by atomic mass is 10.2. The number of piperidine rings is 1. The first-order valence-corrected chi connectivity index (χ1v) is 10.7. The fraction of sp³-hybridized carbons (Fsp3) is 0.611. The molecule has 2 aliphatic rings. The summed E-state index contributed by atoms with van der Waals surface area (Å²) in [5, 5.41) is 2.89. The number of benzene rings is 1. The van der Waals surface area contributed by atoms with Crippen molar-refractivity contribution in [1.29, 1.82) is 0 Å². The summed E-state index contributed by atoms with van der Waals surface area (Å²) in [6.07, 6.45) is 2.87. The van der Waals surface area contributed by atoms with Gasteiger partial charge in [-0.25, -0.2) is 8.42 Å². The molecule has 7 nitrogen and oxygen atoms in total. The van der Waals surface area contributed by atoms with E-state index in [-0.39, 0.29) is 10.8 Å². The Balaban J connectivity index is 1.71. The molecule has 0 spiro atoms. The van der Waals surface area contributed by atoms with Crippen LogP contribution in [0.25, 0.3) is 0 Å². The Morgan fingerprint density at radius 1 is 1.19 bits per heavy atom. The van der Waals surface area contributed by atoms with Gasteiger partial charge in [0.2, 0.25) is 10.0 Å². The molecule has 144 valence electrons. The summed E-state index contributed by atoms with van der Waals surface area (Å²) in [6, 6.07) is 4.97. The lowest BCUT2D eigenvalue weighted by Gasteiger charge is -2.26. The summed E-state index contributed by atoms with van der Waals surface area (Å²) in [7, 11) is -3.50. The van der Waals surface area contributed by atoms with Crippen LogP contribution in [0.5, 0.6) is 0 Å². The third-order valence-corrected chi connectivity index (χ3v) is 6.94. The highest BCUT2D eigenvalue weighted by Gasteiger charge is 2.26. The van der Waals surface area contributed by atoms with Gasteiger partial charge in [-0.3, -0.25) is 4.79 Å². The van der Waals surface area contributed by atoms with Crippen molar-refractivity contribution < 1.29 is 22.8 Å². The van der Waals surface area contributed by atoms with Crippen molar-refractivity contribution in [3.63, 3.8) is 0 Å². The molecule has 2 fully saturated rings. The summed E-state index contributed by atoms with van der Waals surface area (Å²) in [4.78, 5) is 13.8. The topological polar surface area (TPSA) is 80.2 Å². The molecule has 0 aromatic heterocycles. The van der Waals surface area contributed by atoms with E-state index in [2.05, 4.69) is 5.32 Å². The van der Waals surface area contributed by atoms with Crippen molar-refractivity contribution in [3.8, 4) is 0 Å². The largest absolute Gasteiger partial charge is 0.370 e. The van der Waals surface area contributed by atoms with E-state index in [0.29, 0.717) is 38.5 Å². The Bertz CT molecular complexity index is 739. The predicted octanol–water partition coefficient (Wildman–Crippen LogP) is 0.0232. The second-order valence-electron chi connectivity index (χ2n) is 7.03. The first-order chi connectivity index (χ1) is 12.5. The molecular formula is C18H28N3O4S+. The number of rotatable bonds is 5. The number of hydrogen-bond acceptors (Lipinski definition) is 4. The molecule has 2 aliphatic heterocycles. The zero-order chi connectivity index (χ0) is 18.6. The first-order valence-electron chi connectivity index (χ1n) is 9.29. The Labute approximate surface area is 155 Å². The molecule has 0 saturated carbocycles. The van der Waals surface area contributed by atoms with Gasteiger partial charge in [0.05, 0.1) is 18.1 Å². The van der Waals surface area contributed by atoms with E-state index in [1.807, 2.05) is 6.92 Å². The summed E-state index contributed by atoms with van der Waals surface area (Å²) in [5.41, 5.74) is 1.42. The van der Waals surface area contributed by atoms with Crippen molar-refractivity contribution in [2.45, 2.75) is 31.1 Å². The number of nitrogens with one attached hydrogen (secondary N) is 2. The van der Waals surface area contributed by atoms with E-state index >= 15 is 0 Å². The zero-order valence-electron chi connectivity index (χ0n) is 15.3. The third kappa shape index (κ3) is 4.62. The Morgan fingerprint density at radius 3 is 2.58 bits per heavy atom. The highest BCUT2D eigenvalue weighted by Crippen LogP contribution is 2.25. The quantitative estimate of drug-likeness (QED) is 0.753. The number of sulfonamides is 1. The normalized spacial score (nSPS) is 20.0. The van der Waals surface area contributed by atoms with Crippen molar-refractivity contribution >= 4 is 21.6 Å². The molecule has 0 unspecified atom stereocenters. The minimum absolute atomic E-state index is 0.0995. The van der Waals surface area contributed by atoms with Gasteiger partial charge in [0, 0.05) is 18.8 Å². The maximum Gasteiger partial charge on any atom is 0.279 e. The van der Waals surface area contributed by atoms with E-state index in [4.69, 9.17) is 4.74 Å². The fourth-order valence-corrected chi connectivity index (χ4v) is 4.95. The van der Waals surface area contributed by atoms with Gasteiger partial charge in [-0.05, 0) is 37.5 Å². The van der Waals surface area contributed by atoms with Crippen LogP contribution in [0.1, 0.15) is 24.8 Å². The van der Waals surface area contributed by atoms with Gasteiger partial charge >= 0.3 is 0 Å². The molecule has 26 heavy (non-hydrogen) atoms. The Hall–Kier alpha value is -1.48. The Morgan fingerprint density at radius 2 is 1.88 bits per heavy atom. The van der Waals surface area contributed by atoms with E-state index in [1.54, 1.807) is 22.5 Å². The average molecular weight is 383 g/mol. The molecule has 2 N–H and O–H groups in total. The van der Waals surface area contributed by atoms with Crippen molar-refractivity contribution in [3.05, 3.63) is 23.8 Å².